The Morgan fingerprint density at radius 2 is 2.10 bits per heavy atom. The van der Waals surface area contributed by atoms with Crippen molar-refractivity contribution in [1.29, 1.82) is 0 Å². The average molecular weight is 401 g/mol. The van der Waals surface area contributed by atoms with Crippen LogP contribution >= 0.6 is 22.6 Å². The quantitative estimate of drug-likeness (QED) is 0.623. The van der Waals surface area contributed by atoms with Gasteiger partial charge in [-0.2, -0.15) is 0 Å². The highest BCUT2D eigenvalue weighted by Gasteiger charge is 2.23. The third-order valence-electron chi connectivity index (χ3n) is 3.85. The van der Waals surface area contributed by atoms with E-state index in [9.17, 15) is 9.59 Å². The number of hydrogen-bond donors (Lipinski definition) is 1. The first-order chi connectivity index (χ1) is 10.1. The molecule has 114 valence electrons. The maximum absolute atomic E-state index is 11.9. The Morgan fingerprint density at radius 3 is 2.81 bits per heavy atom. The van der Waals surface area contributed by atoms with Crippen molar-refractivity contribution >= 4 is 34.5 Å². The zero-order valence-corrected chi connectivity index (χ0v) is 14.3. The molecule has 0 unspecified atom stereocenters. The predicted octanol–water partition coefficient (Wildman–Crippen LogP) is 3.14. The van der Waals surface area contributed by atoms with Crippen LogP contribution in [0.3, 0.4) is 0 Å². The van der Waals surface area contributed by atoms with Crippen molar-refractivity contribution in [1.82, 2.24) is 5.32 Å². The van der Waals surface area contributed by atoms with Crippen molar-refractivity contribution in [2.75, 3.05) is 6.61 Å². The predicted molar refractivity (Wildman–Crippen MR) is 89.0 cm³/mol. The lowest BCUT2D eigenvalue weighted by atomic mass is 9.86. The van der Waals surface area contributed by atoms with Crippen molar-refractivity contribution in [3.63, 3.8) is 0 Å². The number of amides is 1. The summed E-state index contributed by atoms with van der Waals surface area (Å²) in [5.74, 6) is -0.179. The summed E-state index contributed by atoms with van der Waals surface area (Å²) in [6, 6.07) is 7.33. The van der Waals surface area contributed by atoms with Crippen molar-refractivity contribution in [2.45, 2.75) is 38.6 Å². The number of nitrogens with one attached hydrogen (secondary N) is 1. The fraction of sp³-hybridized carbons (Fsp3) is 0.500. The summed E-state index contributed by atoms with van der Waals surface area (Å²) >= 11 is 2.13. The van der Waals surface area contributed by atoms with E-state index in [1.54, 1.807) is 18.2 Å². The summed E-state index contributed by atoms with van der Waals surface area (Å²) in [6.07, 6.45) is 4.54. The summed E-state index contributed by atoms with van der Waals surface area (Å²) in [6.45, 7) is 1.94. The minimum Gasteiger partial charge on any atom is -0.452 e. The molecule has 0 bridgehead atoms. The molecule has 0 aromatic heterocycles. The summed E-state index contributed by atoms with van der Waals surface area (Å²) in [5, 5.41) is 2.97. The van der Waals surface area contributed by atoms with Gasteiger partial charge in [0.05, 0.1) is 5.56 Å². The van der Waals surface area contributed by atoms with Gasteiger partial charge in [-0.15, -0.1) is 0 Å². The third kappa shape index (κ3) is 4.98. The highest BCUT2D eigenvalue weighted by molar-refractivity contribution is 14.1. The van der Waals surface area contributed by atoms with Gasteiger partial charge in [0.1, 0.15) is 0 Å². The Balaban J connectivity index is 1.79. The molecule has 1 aliphatic rings. The van der Waals surface area contributed by atoms with Crippen LogP contribution in [0.25, 0.3) is 0 Å². The Bertz CT molecular complexity index is 518. The van der Waals surface area contributed by atoms with Crippen LogP contribution in [0.2, 0.25) is 0 Å². The summed E-state index contributed by atoms with van der Waals surface area (Å²) in [4.78, 5) is 23.7. The van der Waals surface area contributed by atoms with Crippen LogP contribution in [0.1, 0.15) is 43.0 Å². The number of benzene rings is 1. The largest absolute Gasteiger partial charge is 0.452 e. The third-order valence-corrected chi connectivity index (χ3v) is 4.52. The fourth-order valence-corrected chi connectivity index (χ4v) is 3.15. The van der Waals surface area contributed by atoms with Gasteiger partial charge in [0.15, 0.2) is 6.61 Å². The molecule has 0 spiro atoms. The average Bonchev–Trinajstić information content (AvgIpc) is 2.47. The molecule has 2 rings (SSSR count). The van der Waals surface area contributed by atoms with E-state index in [4.69, 9.17) is 4.74 Å². The lowest BCUT2D eigenvalue weighted by molar-refractivity contribution is -0.125. The molecule has 21 heavy (non-hydrogen) atoms. The number of halogens is 1. The second-order valence-corrected chi connectivity index (χ2v) is 6.77. The molecule has 2 atom stereocenters. The Labute approximate surface area is 138 Å². The molecule has 4 nitrogen and oxygen atoms in total. The highest BCUT2D eigenvalue weighted by Crippen LogP contribution is 2.23. The van der Waals surface area contributed by atoms with Crippen molar-refractivity contribution < 1.29 is 14.3 Å². The Hall–Kier alpha value is -1.11. The number of rotatable bonds is 4. The van der Waals surface area contributed by atoms with Crippen LogP contribution in [0.15, 0.2) is 24.3 Å². The number of carbonyl (C=O) groups is 2. The second kappa shape index (κ2) is 7.77. The number of ether oxygens (including phenoxy) is 1. The first-order valence-electron chi connectivity index (χ1n) is 7.28. The van der Waals surface area contributed by atoms with Crippen LogP contribution in [0, 0.1) is 9.49 Å². The Morgan fingerprint density at radius 1 is 1.33 bits per heavy atom. The molecule has 1 saturated carbocycles. The highest BCUT2D eigenvalue weighted by atomic mass is 127. The topological polar surface area (TPSA) is 55.4 Å². The van der Waals surface area contributed by atoms with E-state index in [2.05, 4.69) is 34.8 Å². The molecule has 0 radical (unpaired) electrons. The first-order valence-corrected chi connectivity index (χ1v) is 8.36. The van der Waals surface area contributed by atoms with Gasteiger partial charge >= 0.3 is 5.97 Å². The van der Waals surface area contributed by atoms with Gasteiger partial charge in [0.25, 0.3) is 5.91 Å². The molecule has 1 aliphatic carbocycles. The van der Waals surface area contributed by atoms with Gasteiger partial charge in [-0.05, 0) is 59.5 Å². The molecule has 1 fully saturated rings. The van der Waals surface area contributed by atoms with Crippen molar-refractivity contribution in [2.24, 2.45) is 5.92 Å². The molecule has 0 saturated heterocycles. The SMILES string of the molecule is C[C@@H]1CCCC[C@H]1NC(=O)COC(=O)c1cccc(I)c1. The first kappa shape index (κ1) is 16.3. The smallest absolute Gasteiger partial charge is 0.338 e. The maximum Gasteiger partial charge on any atom is 0.338 e. The molecule has 1 aromatic carbocycles. The van der Waals surface area contributed by atoms with Crippen molar-refractivity contribution in [3.05, 3.63) is 33.4 Å². The van der Waals surface area contributed by atoms with E-state index < -0.39 is 5.97 Å². The van der Waals surface area contributed by atoms with Gasteiger partial charge < -0.3 is 10.1 Å². The fourth-order valence-electron chi connectivity index (χ4n) is 2.61. The van der Waals surface area contributed by atoms with E-state index in [0.29, 0.717) is 11.5 Å². The minimum absolute atomic E-state index is 0.211. The number of carbonyl (C=O) groups excluding carboxylic acids is 2. The van der Waals surface area contributed by atoms with E-state index >= 15 is 0 Å². The van der Waals surface area contributed by atoms with Crippen LogP contribution < -0.4 is 5.32 Å². The van der Waals surface area contributed by atoms with E-state index in [1.165, 1.54) is 6.42 Å². The summed E-state index contributed by atoms with van der Waals surface area (Å²) < 4.78 is 6.03. The molecular formula is C16H20INO3. The molecule has 0 heterocycles. The van der Waals surface area contributed by atoms with E-state index in [0.717, 1.165) is 22.8 Å². The maximum atomic E-state index is 11.9. The van der Waals surface area contributed by atoms with Crippen LogP contribution in [0.4, 0.5) is 0 Å². The normalized spacial score (nSPS) is 21.6. The molecule has 1 N–H and O–H groups in total. The van der Waals surface area contributed by atoms with E-state index in [1.807, 2.05) is 6.07 Å². The van der Waals surface area contributed by atoms with Crippen LogP contribution in [-0.4, -0.2) is 24.5 Å². The number of esters is 1. The number of hydrogen-bond acceptors (Lipinski definition) is 3. The van der Waals surface area contributed by atoms with Crippen LogP contribution in [0.5, 0.6) is 0 Å². The molecular weight excluding hydrogens is 381 g/mol. The zero-order chi connectivity index (χ0) is 15.2. The minimum atomic E-state index is -0.458. The lowest BCUT2D eigenvalue weighted by Gasteiger charge is -2.29. The van der Waals surface area contributed by atoms with Gasteiger partial charge in [-0.25, -0.2) is 4.79 Å². The second-order valence-electron chi connectivity index (χ2n) is 5.52. The standard InChI is InChI=1S/C16H20INO3/c1-11-5-2-3-8-14(11)18-15(19)10-21-16(20)12-6-4-7-13(17)9-12/h4,6-7,9,11,14H,2-3,5,8,10H2,1H3,(H,18,19)/t11-,14-/m1/s1. The van der Waals surface area contributed by atoms with Gasteiger partial charge in [0, 0.05) is 9.61 Å². The zero-order valence-electron chi connectivity index (χ0n) is 12.1. The molecule has 1 amide bonds. The Kier molecular flexibility index (Phi) is 6.02. The molecule has 5 heteroatoms. The van der Waals surface area contributed by atoms with E-state index in [-0.39, 0.29) is 18.6 Å². The molecule has 0 aliphatic heterocycles. The summed E-state index contributed by atoms with van der Waals surface area (Å²) in [5.41, 5.74) is 0.473. The van der Waals surface area contributed by atoms with Gasteiger partial charge in [-0.1, -0.05) is 25.8 Å². The summed E-state index contributed by atoms with van der Waals surface area (Å²) in [7, 11) is 0. The van der Waals surface area contributed by atoms with Gasteiger partial charge in [-0.3, -0.25) is 4.79 Å². The lowest BCUT2D eigenvalue weighted by Crippen LogP contribution is -2.42. The van der Waals surface area contributed by atoms with Crippen LogP contribution in [-0.2, 0) is 9.53 Å². The van der Waals surface area contributed by atoms with Crippen molar-refractivity contribution in [3.8, 4) is 0 Å². The monoisotopic (exact) mass is 401 g/mol. The molecule has 1 aromatic rings. The van der Waals surface area contributed by atoms with Gasteiger partial charge in [0.2, 0.25) is 0 Å².